The van der Waals surface area contributed by atoms with E-state index in [2.05, 4.69) is 70.8 Å². The van der Waals surface area contributed by atoms with Crippen molar-refractivity contribution in [1.82, 2.24) is 5.32 Å². The van der Waals surface area contributed by atoms with Crippen LogP contribution in [-0.4, -0.2) is 12.3 Å². The van der Waals surface area contributed by atoms with Gasteiger partial charge in [-0.25, -0.2) is 0 Å². The molecule has 2 aromatic rings. The zero-order valence-electron chi connectivity index (χ0n) is 11.9. The minimum Gasteiger partial charge on any atom is -0.309 e. The summed E-state index contributed by atoms with van der Waals surface area (Å²) in [7, 11) is 0. The number of nitrogens with one attached hydrogen (secondary N) is 1. The van der Waals surface area contributed by atoms with Gasteiger partial charge in [0.15, 0.2) is 0 Å². The maximum atomic E-state index is 3.67. The molecule has 1 unspecified atom stereocenters. The van der Waals surface area contributed by atoms with Crippen LogP contribution in [0.2, 0.25) is 0 Å². The average molecular weight is 370 g/mol. The Balaban J connectivity index is 2.03. The highest BCUT2D eigenvalue weighted by molar-refractivity contribution is 9.10. The summed E-state index contributed by atoms with van der Waals surface area (Å²) in [4.78, 5) is 2.74. The fourth-order valence-corrected chi connectivity index (χ4v) is 4.43. The van der Waals surface area contributed by atoms with Crippen molar-refractivity contribution < 1.29 is 0 Å². The fraction of sp³-hybridized carbons (Fsp3) is 0.375. The minimum atomic E-state index is 0.435. The van der Waals surface area contributed by atoms with Crippen LogP contribution in [0.3, 0.4) is 0 Å². The molecule has 0 fully saturated rings. The molecular formula is C16H20BrNS2. The normalized spacial score (nSPS) is 12.6. The lowest BCUT2D eigenvalue weighted by atomic mass is 10.1. The SMILES string of the molecule is CCCNC(CSc1cccc(Br)c1)c1ccsc1C. The van der Waals surface area contributed by atoms with Crippen LogP contribution < -0.4 is 5.32 Å². The monoisotopic (exact) mass is 369 g/mol. The van der Waals surface area contributed by atoms with Gasteiger partial charge in [0.1, 0.15) is 0 Å². The highest BCUT2D eigenvalue weighted by Crippen LogP contribution is 2.29. The van der Waals surface area contributed by atoms with Crippen LogP contribution in [0.15, 0.2) is 45.1 Å². The van der Waals surface area contributed by atoms with Gasteiger partial charge in [-0.1, -0.05) is 28.9 Å². The van der Waals surface area contributed by atoms with Gasteiger partial charge >= 0.3 is 0 Å². The molecule has 0 spiro atoms. The molecule has 0 bridgehead atoms. The summed E-state index contributed by atoms with van der Waals surface area (Å²) in [6.07, 6.45) is 1.17. The molecule has 0 saturated carbocycles. The Morgan fingerprint density at radius 2 is 2.20 bits per heavy atom. The summed E-state index contributed by atoms with van der Waals surface area (Å²) in [6.45, 7) is 5.50. The number of benzene rings is 1. The highest BCUT2D eigenvalue weighted by atomic mass is 79.9. The van der Waals surface area contributed by atoms with Crippen molar-refractivity contribution in [2.24, 2.45) is 0 Å². The Morgan fingerprint density at radius 1 is 1.35 bits per heavy atom. The van der Waals surface area contributed by atoms with E-state index >= 15 is 0 Å². The van der Waals surface area contributed by atoms with Gasteiger partial charge in [-0.15, -0.1) is 23.1 Å². The van der Waals surface area contributed by atoms with Crippen molar-refractivity contribution >= 4 is 39.0 Å². The van der Waals surface area contributed by atoms with Crippen LogP contribution in [0.5, 0.6) is 0 Å². The van der Waals surface area contributed by atoms with E-state index in [-0.39, 0.29) is 0 Å². The molecule has 2 rings (SSSR count). The van der Waals surface area contributed by atoms with Gasteiger partial charge in [0.25, 0.3) is 0 Å². The van der Waals surface area contributed by atoms with Gasteiger partial charge in [0.2, 0.25) is 0 Å². The quantitative estimate of drug-likeness (QED) is 0.632. The van der Waals surface area contributed by atoms with Crippen LogP contribution in [0.4, 0.5) is 0 Å². The molecule has 0 aliphatic carbocycles. The summed E-state index contributed by atoms with van der Waals surface area (Å²) < 4.78 is 1.15. The van der Waals surface area contributed by atoms with Crippen molar-refractivity contribution in [3.05, 3.63) is 50.6 Å². The van der Waals surface area contributed by atoms with Gasteiger partial charge in [0.05, 0.1) is 0 Å². The van der Waals surface area contributed by atoms with Crippen LogP contribution in [-0.2, 0) is 0 Å². The van der Waals surface area contributed by atoms with E-state index in [0.29, 0.717) is 6.04 Å². The van der Waals surface area contributed by atoms with Crippen LogP contribution in [0, 0.1) is 6.92 Å². The number of hydrogen-bond acceptors (Lipinski definition) is 3. The second-order valence-electron chi connectivity index (χ2n) is 4.71. The first-order valence-electron chi connectivity index (χ1n) is 6.86. The molecule has 0 aliphatic heterocycles. The topological polar surface area (TPSA) is 12.0 Å². The number of thioether (sulfide) groups is 1. The van der Waals surface area contributed by atoms with E-state index in [1.54, 1.807) is 0 Å². The van der Waals surface area contributed by atoms with Crippen molar-refractivity contribution in [3.63, 3.8) is 0 Å². The molecule has 0 aliphatic rings. The molecule has 4 heteroatoms. The Kier molecular flexibility index (Phi) is 6.62. The zero-order valence-corrected chi connectivity index (χ0v) is 15.1. The van der Waals surface area contributed by atoms with Crippen molar-refractivity contribution in [1.29, 1.82) is 0 Å². The second-order valence-corrected chi connectivity index (χ2v) is 7.84. The Hall–Kier alpha value is -0.290. The first kappa shape index (κ1) is 16.1. The van der Waals surface area contributed by atoms with E-state index in [9.17, 15) is 0 Å². The molecule has 1 atom stereocenters. The van der Waals surface area contributed by atoms with Crippen molar-refractivity contribution in [2.45, 2.75) is 31.2 Å². The molecule has 0 amide bonds. The number of rotatable bonds is 7. The van der Waals surface area contributed by atoms with Gasteiger partial charge in [-0.3, -0.25) is 0 Å². The summed E-state index contributed by atoms with van der Waals surface area (Å²) in [6, 6.07) is 11.2. The molecular weight excluding hydrogens is 350 g/mol. The molecule has 1 N–H and O–H groups in total. The predicted octanol–water partition coefficient (Wildman–Crippen LogP) is 5.65. The molecule has 0 saturated heterocycles. The third-order valence-electron chi connectivity index (χ3n) is 3.13. The van der Waals surface area contributed by atoms with E-state index in [4.69, 9.17) is 0 Å². The van der Waals surface area contributed by atoms with E-state index in [1.807, 2.05) is 23.1 Å². The maximum Gasteiger partial charge on any atom is 0.0426 e. The smallest absolute Gasteiger partial charge is 0.0426 e. The maximum absolute atomic E-state index is 3.67. The van der Waals surface area contributed by atoms with Gasteiger partial charge in [0, 0.05) is 26.0 Å². The standard InChI is InChI=1S/C16H20BrNS2/c1-3-8-18-16(15-7-9-19-12(15)2)11-20-14-6-4-5-13(17)10-14/h4-7,9-10,16,18H,3,8,11H2,1-2H3. The summed E-state index contributed by atoms with van der Waals surface area (Å²) in [5.41, 5.74) is 1.45. The average Bonchev–Trinajstić information content (AvgIpc) is 2.85. The first-order chi connectivity index (χ1) is 9.70. The highest BCUT2D eigenvalue weighted by Gasteiger charge is 2.14. The third-order valence-corrected chi connectivity index (χ3v) is 5.57. The Labute approximate surface area is 138 Å². The Morgan fingerprint density at radius 3 is 2.85 bits per heavy atom. The minimum absolute atomic E-state index is 0.435. The molecule has 1 nitrogen and oxygen atoms in total. The van der Waals surface area contributed by atoms with Gasteiger partial charge in [-0.2, -0.15) is 0 Å². The fourth-order valence-electron chi connectivity index (χ4n) is 2.07. The second kappa shape index (κ2) is 8.23. The van der Waals surface area contributed by atoms with E-state index < -0.39 is 0 Å². The molecule has 1 aromatic carbocycles. The summed E-state index contributed by atoms with van der Waals surface area (Å²) in [5.74, 6) is 1.06. The number of thiophene rings is 1. The first-order valence-corrected chi connectivity index (χ1v) is 9.52. The van der Waals surface area contributed by atoms with E-state index in [0.717, 1.165) is 16.8 Å². The van der Waals surface area contributed by atoms with Crippen LogP contribution >= 0.6 is 39.0 Å². The zero-order chi connectivity index (χ0) is 14.4. The molecule has 20 heavy (non-hydrogen) atoms. The lowest BCUT2D eigenvalue weighted by molar-refractivity contribution is 0.577. The molecule has 0 radical (unpaired) electrons. The Bertz CT molecular complexity index is 539. The predicted molar refractivity (Wildman–Crippen MR) is 95.0 cm³/mol. The van der Waals surface area contributed by atoms with E-state index in [1.165, 1.54) is 21.8 Å². The number of hydrogen-bond donors (Lipinski definition) is 1. The van der Waals surface area contributed by atoms with Gasteiger partial charge in [-0.05, 0) is 55.1 Å². The number of aryl methyl sites for hydroxylation is 1. The van der Waals surface area contributed by atoms with Crippen molar-refractivity contribution in [3.8, 4) is 0 Å². The lowest BCUT2D eigenvalue weighted by Gasteiger charge is -2.18. The van der Waals surface area contributed by atoms with Crippen LogP contribution in [0.1, 0.15) is 29.8 Å². The molecule has 1 aromatic heterocycles. The summed E-state index contributed by atoms with van der Waals surface area (Å²) >= 11 is 7.28. The van der Waals surface area contributed by atoms with Crippen molar-refractivity contribution in [2.75, 3.05) is 12.3 Å². The third kappa shape index (κ3) is 4.62. The summed E-state index contributed by atoms with van der Waals surface area (Å²) in [5, 5.41) is 5.86. The lowest BCUT2D eigenvalue weighted by Crippen LogP contribution is -2.24. The van der Waals surface area contributed by atoms with Gasteiger partial charge < -0.3 is 5.32 Å². The molecule has 108 valence electrons. The van der Waals surface area contributed by atoms with Crippen LogP contribution in [0.25, 0.3) is 0 Å². The number of halogens is 1. The molecule has 1 heterocycles. The largest absolute Gasteiger partial charge is 0.309 e.